The fraction of sp³-hybridized carbons (Fsp3) is 0.727. The van der Waals surface area contributed by atoms with E-state index >= 15 is 0 Å². The molecule has 2 aliphatic rings. The maximum atomic E-state index is 11.6. The highest BCUT2D eigenvalue weighted by Gasteiger charge is 2.35. The third-order valence-electron chi connectivity index (χ3n) is 3.18. The first kappa shape index (κ1) is 10.8. The first-order valence-corrected chi connectivity index (χ1v) is 5.97. The lowest BCUT2D eigenvalue weighted by atomic mass is 9.86. The Morgan fingerprint density at radius 2 is 1.93 bits per heavy atom. The second kappa shape index (κ2) is 4.88. The van der Waals surface area contributed by atoms with Gasteiger partial charge in [-0.25, -0.2) is 4.79 Å². The number of rotatable bonds is 2. The van der Waals surface area contributed by atoms with E-state index in [-0.39, 0.29) is 6.09 Å². The average Bonchev–Trinajstić information content (AvgIpc) is 2.69. The van der Waals surface area contributed by atoms with E-state index < -0.39 is 0 Å². The minimum absolute atomic E-state index is 0.204. The number of likely N-dealkylation sites (tertiary alicyclic amines) is 1. The van der Waals surface area contributed by atoms with E-state index in [2.05, 4.69) is 12.2 Å². The highest BCUT2D eigenvalue weighted by atomic mass is 35.5. The third kappa shape index (κ3) is 2.46. The largest absolute Gasteiger partial charge is 0.448 e. The second-order valence-corrected chi connectivity index (χ2v) is 4.55. The smallest absolute Gasteiger partial charge is 0.409 e. The van der Waals surface area contributed by atoms with Crippen LogP contribution >= 0.6 is 11.6 Å². The molecule has 0 spiro atoms. The molecule has 84 valence electrons. The molecule has 1 fully saturated rings. The van der Waals surface area contributed by atoms with E-state index in [1.165, 1.54) is 0 Å². The number of allylic oxidation sites excluding steroid dienone is 2. The van der Waals surface area contributed by atoms with E-state index in [1.807, 2.05) is 4.90 Å². The predicted molar refractivity (Wildman–Crippen MR) is 59.0 cm³/mol. The summed E-state index contributed by atoms with van der Waals surface area (Å²) < 4.78 is 5.02. The molecule has 0 aromatic carbocycles. The molecule has 1 amide bonds. The minimum Gasteiger partial charge on any atom is -0.448 e. The van der Waals surface area contributed by atoms with Gasteiger partial charge in [-0.2, -0.15) is 0 Å². The first-order chi connectivity index (χ1) is 7.31. The molecule has 2 unspecified atom stereocenters. The SMILES string of the molecule is O=C(OCCCl)N1CC2CC=CCC2C1. The van der Waals surface area contributed by atoms with Crippen molar-refractivity contribution in [2.45, 2.75) is 12.8 Å². The zero-order valence-corrected chi connectivity index (χ0v) is 9.45. The Morgan fingerprint density at radius 3 is 2.47 bits per heavy atom. The van der Waals surface area contributed by atoms with Crippen LogP contribution in [0.15, 0.2) is 12.2 Å². The monoisotopic (exact) mass is 229 g/mol. The second-order valence-electron chi connectivity index (χ2n) is 4.17. The zero-order chi connectivity index (χ0) is 10.7. The molecule has 0 radical (unpaired) electrons. The van der Waals surface area contributed by atoms with Crippen molar-refractivity contribution in [3.63, 3.8) is 0 Å². The normalized spacial score (nSPS) is 29.0. The fourth-order valence-electron chi connectivity index (χ4n) is 2.38. The molecule has 1 saturated heterocycles. The average molecular weight is 230 g/mol. The predicted octanol–water partition coefficient (Wildman–Crippen LogP) is 2.26. The van der Waals surface area contributed by atoms with E-state index in [9.17, 15) is 4.79 Å². The zero-order valence-electron chi connectivity index (χ0n) is 8.69. The number of hydrogen-bond acceptors (Lipinski definition) is 2. The summed E-state index contributed by atoms with van der Waals surface area (Å²) >= 11 is 5.47. The maximum absolute atomic E-state index is 11.6. The molecule has 1 aliphatic carbocycles. The van der Waals surface area contributed by atoms with Gasteiger partial charge in [0, 0.05) is 13.1 Å². The molecule has 1 aliphatic heterocycles. The van der Waals surface area contributed by atoms with Crippen molar-refractivity contribution in [3.05, 3.63) is 12.2 Å². The summed E-state index contributed by atoms with van der Waals surface area (Å²) in [7, 11) is 0. The summed E-state index contributed by atoms with van der Waals surface area (Å²) in [4.78, 5) is 13.4. The van der Waals surface area contributed by atoms with Gasteiger partial charge >= 0.3 is 6.09 Å². The lowest BCUT2D eigenvalue weighted by molar-refractivity contribution is 0.114. The van der Waals surface area contributed by atoms with Crippen LogP contribution < -0.4 is 0 Å². The molecular formula is C11H16ClNO2. The number of alkyl halides is 1. The summed E-state index contributed by atoms with van der Waals surface area (Å²) in [5, 5.41) is 0. The summed E-state index contributed by atoms with van der Waals surface area (Å²) in [6.07, 6.45) is 6.43. The fourth-order valence-corrected chi connectivity index (χ4v) is 2.46. The van der Waals surface area contributed by atoms with E-state index in [1.54, 1.807) is 0 Å². The topological polar surface area (TPSA) is 29.5 Å². The summed E-state index contributed by atoms with van der Waals surface area (Å²) in [6, 6.07) is 0. The molecule has 2 atom stereocenters. The van der Waals surface area contributed by atoms with E-state index in [0.717, 1.165) is 25.9 Å². The van der Waals surface area contributed by atoms with Gasteiger partial charge in [0.15, 0.2) is 0 Å². The van der Waals surface area contributed by atoms with Crippen LogP contribution in [0.4, 0.5) is 4.79 Å². The number of fused-ring (bicyclic) bond motifs is 1. The van der Waals surface area contributed by atoms with Gasteiger partial charge in [-0.1, -0.05) is 12.2 Å². The van der Waals surface area contributed by atoms with Gasteiger partial charge in [0.1, 0.15) is 6.61 Å². The molecule has 0 N–H and O–H groups in total. The van der Waals surface area contributed by atoms with Crippen LogP contribution in [0.1, 0.15) is 12.8 Å². The Kier molecular flexibility index (Phi) is 3.52. The van der Waals surface area contributed by atoms with Crippen LogP contribution in [0.2, 0.25) is 0 Å². The molecule has 15 heavy (non-hydrogen) atoms. The number of halogens is 1. The molecule has 1 heterocycles. The van der Waals surface area contributed by atoms with E-state index in [4.69, 9.17) is 16.3 Å². The summed E-state index contributed by atoms with van der Waals surface area (Å²) in [5.41, 5.74) is 0. The van der Waals surface area contributed by atoms with Crippen molar-refractivity contribution in [3.8, 4) is 0 Å². The molecular weight excluding hydrogens is 214 g/mol. The minimum atomic E-state index is -0.204. The van der Waals surface area contributed by atoms with Gasteiger partial charge in [-0.15, -0.1) is 11.6 Å². The number of nitrogens with zero attached hydrogens (tertiary/aromatic N) is 1. The van der Waals surface area contributed by atoms with E-state index in [0.29, 0.717) is 24.3 Å². The van der Waals surface area contributed by atoms with Crippen molar-refractivity contribution < 1.29 is 9.53 Å². The van der Waals surface area contributed by atoms with Crippen molar-refractivity contribution in [2.75, 3.05) is 25.6 Å². The van der Waals surface area contributed by atoms with Crippen LogP contribution in [0.3, 0.4) is 0 Å². The molecule has 3 nitrogen and oxygen atoms in total. The lowest BCUT2D eigenvalue weighted by Gasteiger charge is -2.17. The number of ether oxygens (including phenoxy) is 1. The van der Waals surface area contributed by atoms with Crippen LogP contribution in [-0.2, 0) is 4.74 Å². The van der Waals surface area contributed by atoms with Gasteiger partial charge in [0.25, 0.3) is 0 Å². The maximum Gasteiger partial charge on any atom is 0.409 e. The Morgan fingerprint density at radius 1 is 1.33 bits per heavy atom. The van der Waals surface area contributed by atoms with Crippen molar-refractivity contribution in [1.29, 1.82) is 0 Å². The van der Waals surface area contributed by atoms with Gasteiger partial charge in [-0.05, 0) is 24.7 Å². The van der Waals surface area contributed by atoms with Gasteiger partial charge in [0.05, 0.1) is 5.88 Å². The molecule has 0 saturated carbocycles. The van der Waals surface area contributed by atoms with Crippen LogP contribution in [0.5, 0.6) is 0 Å². The highest BCUT2D eigenvalue weighted by Crippen LogP contribution is 2.32. The number of hydrogen-bond donors (Lipinski definition) is 0. The number of amides is 1. The Labute approximate surface area is 95.0 Å². The number of carbonyl (C=O) groups excluding carboxylic acids is 1. The van der Waals surface area contributed by atoms with Crippen LogP contribution in [0, 0.1) is 11.8 Å². The van der Waals surface area contributed by atoms with Crippen molar-refractivity contribution in [2.24, 2.45) is 11.8 Å². The molecule has 2 rings (SSSR count). The molecule has 0 aromatic rings. The Hall–Kier alpha value is -0.700. The highest BCUT2D eigenvalue weighted by molar-refractivity contribution is 6.18. The quantitative estimate of drug-likeness (QED) is 0.537. The van der Waals surface area contributed by atoms with Gasteiger partial charge in [0.2, 0.25) is 0 Å². The van der Waals surface area contributed by atoms with Crippen LogP contribution in [-0.4, -0.2) is 36.6 Å². The van der Waals surface area contributed by atoms with Crippen LogP contribution in [0.25, 0.3) is 0 Å². The summed E-state index contributed by atoms with van der Waals surface area (Å²) in [5.74, 6) is 1.64. The molecule has 0 bridgehead atoms. The van der Waals surface area contributed by atoms with Crippen molar-refractivity contribution >= 4 is 17.7 Å². The van der Waals surface area contributed by atoms with Crippen molar-refractivity contribution in [1.82, 2.24) is 4.90 Å². The third-order valence-corrected chi connectivity index (χ3v) is 3.34. The number of carbonyl (C=O) groups is 1. The van der Waals surface area contributed by atoms with Gasteiger partial charge in [-0.3, -0.25) is 0 Å². The van der Waals surface area contributed by atoms with Gasteiger partial charge < -0.3 is 9.64 Å². The first-order valence-electron chi connectivity index (χ1n) is 5.44. The molecule has 4 heteroatoms. The molecule has 0 aromatic heterocycles. The standard InChI is InChI=1S/C11H16ClNO2/c12-5-6-15-11(14)13-7-9-3-1-2-4-10(9)8-13/h1-2,9-10H,3-8H2. The summed E-state index contributed by atoms with van der Waals surface area (Å²) in [6.45, 7) is 2.00. The Bertz CT molecular complexity index is 251. The lowest BCUT2D eigenvalue weighted by Crippen LogP contribution is -2.30. The Balaban J connectivity index is 1.84.